The van der Waals surface area contributed by atoms with Crippen LogP contribution in [0.1, 0.15) is 30.4 Å². The minimum atomic E-state index is -5.81. The Hall–Kier alpha value is -2.81. The molecule has 0 aliphatic heterocycles. The van der Waals surface area contributed by atoms with Crippen LogP contribution in [0.25, 0.3) is 0 Å². The molecular formula is C22H21F3O5S. The highest BCUT2D eigenvalue weighted by Crippen LogP contribution is 2.43. The maximum Gasteiger partial charge on any atom is 0.534 e. The molecule has 2 aromatic rings. The van der Waals surface area contributed by atoms with Gasteiger partial charge in [-0.1, -0.05) is 54.1 Å². The Bertz CT molecular complexity index is 1080. The molecule has 0 amide bonds. The molecule has 1 atom stereocenters. The zero-order valence-corrected chi connectivity index (χ0v) is 17.2. The summed E-state index contributed by atoms with van der Waals surface area (Å²) in [6.45, 7) is 0. The van der Waals surface area contributed by atoms with E-state index in [1.54, 1.807) is 6.07 Å². The van der Waals surface area contributed by atoms with Gasteiger partial charge in [-0.2, -0.15) is 21.6 Å². The molecule has 1 N–H and O–H groups in total. The number of rotatable bonds is 7. The first kappa shape index (κ1) is 22.9. The highest BCUT2D eigenvalue weighted by atomic mass is 32.2. The maximum atomic E-state index is 12.6. The van der Waals surface area contributed by atoms with Gasteiger partial charge in [0.2, 0.25) is 0 Å². The number of aliphatic carboxylic acids is 1. The van der Waals surface area contributed by atoms with Gasteiger partial charge < -0.3 is 9.29 Å². The molecule has 0 aromatic heterocycles. The Kier molecular flexibility index (Phi) is 6.45. The lowest BCUT2D eigenvalue weighted by Crippen LogP contribution is -2.38. The van der Waals surface area contributed by atoms with Gasteiger partial charge in [0.15, 0.2) is 0 Å². The SMILES string of the molecule is O=C(O)C1(Cc2cccc(OS(=O)(=O)C(F)(F)F)c2)CCCC=C1Cc1ccccc1. The highest BCUT2D eigenvalue weighted by Gasteiger charge is 2.48. The summed E-state index contributed by atoms with van der Waals surface area (Å²) in [5.41, 5.74) is -4.74. The minimum absolute atomic E-state index is 0.00423. The van der Waals surface area contributed by atoms with Gasteiger partial charge in [-0.05, 0) is 55.4 Å². The third kappa shape index (κ3) is 5.10. The van der Waals surface area contributed by atoms with Gasteiger partial charge in [-0.25, -0.2) is 0 Å². The number of benzene rings is 2. The van der Waals surface area contributed by atoms with Gasteiger partial charge in [0.05, 0.1) is 5.41 Å². The summed E-state index contributed by atoms with van der Waals surface area (Å²) in [6.07, 6.45) is 4.12. The number of carbonyl (C=O) groups is 1. The monoisotopic (exact) mass is 454 g/mol. The molecule has 0 spiro atoms. The third-order valence-corrected chi connectivity index (χ3v) is 6.33. The average Bonchev–Trinajstić information content (AvgIpc) is 2.69. The largest absolute Gasteiger partial charge is 0.534 e. The number of hydrogen-bond donors (Lipinski definition) is 1. The Morgan fingerprint density at radius 3 is 2.39 bits per heavy atom. The van der Waals surface area contributed by atoms with E-state index in [1.165, 1.54) is 6.07 Å². The molecule has 3 rings (SSSR count). The van der Waals surface area contributed by atoms with E-state index in [1.807, 2.05) is 36.4 Å². The van der Waals surface area contributed by atoms with Crippen LogP contribution in [-0.2, 0) is 27.8 Å². The van der Waals surface area contributed by atoms with E-state index in [4.69, 9.17) is 0 Å². The van der Waals surface area contributed by atoms with Crippen molar-refractivity contribution in [2.75, 3.05) is 0 Å². The Labute approximate surface area is 178 Å². The second kappa shape index (κ2) is 8.74. The fourth-order valence-corrected chi connectivity index (χ4v) is 4.30. The first-order valence-corrected chi connectivity index (χ1v) is 11.0. The van der Waals surface area contributed by atoms with Gasteiger partial charge in [0.1, 0.15) is 5.75 Å². The fraction of sp³-hybridized carbons (Fsp3) is 0.318. The van der Waals surface area contributed by atoms with Crippen molar-refractivity contribution in [2.24, 2.45) is 5.41 Å². The Morgan fingerprint density at radius 1 is 1.06 bits per heavy atom. The van der Waals surface area contributed by atoms with Crippen molar-refractivity contribution in [1.29, 1.82) is 0 Å². The predicted octanol–water partition coefficient (Wildman–Crippen LogP) is 4.88. The lowest BCUT2D eigenvalue weighted by Gasteiger charge is -2.35. The summed E-state index contributed by atoms with van der Waals surface area (Å²) in [7, 11) is -5.81. The van der Waals surface area contributed by atoms with Crippen LogP contribution in [0.15, 0.2) is 66.2 Å². The van der Waals surface area contributed by atoms with Crippen molar-refractivity contribution in [1.82, 2.24) is 0 Å². The molecule has 0 fully saturated rings. The molecule has 0 saturated heterocycles. The van der Waals surface area contributed by atoms with Crippen LogP contribution in [0.5, 0.6) is 5.75 Å². The summed E-state index contributed by atoms with van der Waals surface area (Å²) < 4.78 is 64.7. The molecule has 1 aliphatic rings. The summed E-state index contributed by atoms with van der Waals surface area (Å²) in [6, 6.07) is 14.5. The van der Waals surface area contributed by atoms with E-state index in [2.05, 4.69) is 4.18 Å². The molecule has 0 heterocycles. The van der Waals surface area contributed by atoms with Gasteiger partial charge in [-0.15, -0.1) is 0 Å². The van der Waals surface area contributed by atoms with Gasteiger partial charge in [-0.3, -0.25) is 4.79 Å². The third-order valence-electron chi connectivity index (χ3n) is 5.35. The predicted molar refractivity (Wildman–Crippen MR) is 108 cm³/mol. The zero-order chi connectivity index (χ0) is 22.7. The Balaban J connectivity index is 1.91. The Morgan fingerprint density at radius 2 is 1.74 bits per heavy atom. The van der Waals surface area contributed by atoms with Gasteiger partial charge in [0, 0.05) is 0 Å². The van der Waals surface area contributed by atoms with Crippen molar-refractivity contribution in [2.45, 2.75) is 37.6 Å². The van der Waals surface area contributed by atoms with Crippen molar-refractivity contribution >= 4 is 16.1 Å². The number of halogens is 3. The van der Waals surface area contributed by atoms with Crippen molar-refractivity contribution in [3.05, 3.63) is 77.4 Å². The molecule has 5 nitrogen and oxygen atoms in total. The van der Waals surface area contributed by atoms with Crippen molar-refractivity contribution in [3.8, 4) is 5.75 Å². The van der Waals surface area contributed by atoms with Crippen molar-refractivity contribution < 1.29 is 35.7 Å². The van der Waals surface area contributed by atoms with E-state index in [9.17, 15) is 31.5 Å². The molecular weight excluding hydrogens is 433 g/mol. The van der Waals surface area contributed by atoms with Crippen LogP contribution in [-0.4, -0.2) is 25.0 Å². The summed E-state index contributed by atoms with van der Waals surface area (Å²) in [4.78, 5) is 12.4. The standard InChI is InChI=1S/C22H21F3O5S/c23-22(24,25)31(28,29)30-19-11-6-9-17(14-19)15-21(20(26)27)12-5-4-10-18(21)13-16-7-2-1-3-8-16/h1-3,6-11,14H,4-5,12-13,15H2,(H,26,27). The molecule has 2 aromatic carbocycles. The van der Waals surface area contributed by atoms with E-state index in [0.717, 1.165) is 29.7 Å². The number of alkyl halides is 3. The van der Waals surface area contributed by atoms with Crippen LogP contribution in [0, 0.1) is 5.41 Å². The van der Waals surface area contributed by atoms with Crippen LogP contribution >= 0.6 is 0 Å². The van der Waals surface area contributed by atoms with Crippen LogP contribution in [0.4, 0.5) is 13.2 Å². The van der Waals surface area contributed by atoms with E-state index in [-0.39, 0.29) is 6.42 Å². The smallest absolute Gasteiger partial charge is 0.481 e. The minimum Gasteiger partial charge on any atom is -0.481 e. The quantitative estimate of drug-likeness (QED) is 0.366. The summed E-state index contributed by atoms with van der Waals surface area (Å²) in [5.74, 6) is -1.54. The number of hydrogen-bond acceptors (Lipinski definition) is 4. The molecule has 1 unspecified atom stereocenters. The summed E-state index contributed by atoms with van der Waals surface area (Å²) >= 11 is 0. The molecule has 0 bridgehead atoms. The number of carboxylic acid groups (broad SMARTS) is 1. The zero-order valence-electron chi connectivity index (χ0n) is 16.4. The number of allylic oxidation sites excluding steroid dienone is 1. The van der Waals surface area contributed by atoms with E-state index < -0.39 is 32.8 Å². The van der Waals surface area contributed by atoms with E-state index >= 15 is 0 Å². The molecule has 1 aliphatic carbocycles. The van der Waals surface area contributed by atoms with Crippen LogP contribution in [0.2, 0.25) is 0 Å². The van der Waals surface area contributed by atoms with E-state index in [0.29, 0.717) is 24.8 Å². The van der Waals surface area contributed by atoms with Crippen molar-refractivity contribution in [3.63, 3.8) is 0 Å². The molecule has 166 valence electrons. The fourth-order valence-electron chi connectivity index (χ4n) is 3.84. The second-order valence-corrected chi connectivity index (χ2v) is 9.02. The maximum absolute atomic E-state index is 12.6. The number of carboxylic acids is 1. The molecule has 31 heavy (non-hydrogen) atoms. The first-order valence-electron chi connectivity index (χ1n) is 9.60. The average molecular weight is 454 g/mol. The first-order chi connectivity index (χ1) is 14.5. The highest BCUT2D eigenvalue weighted by molar-refractivity contribution is 7.88. The topological polar surface area (TPSA) is 80.7 Å². The van der Waals surface area contributed by atoms with Gasteiger partial charge >= 0.3 is 21.6 Å². The molecule has 0 saturated carbocycles. The van der Waals surface area contributed by atoms with Crippen LogP contribution in [0.3, 0.4) is 0 Å². The van der Waals surface area contributed by atoms with Gasteiger partial charge in [0.25, 0.3) is 0 Å². The second-order valence-electron chi connectivity index (χ2n) is 7.48. The van der Waals surface area contributed by atoms with Crippen LogP contribution < -0.4 is 4.18 Å². The summed E-state index contributed by atoms with van der Waals surface area (Å²) in [5, 5.41) is 10.1. The normalized spacial score (nSPS) is 19.5. The lowest BCUT2D eigenvalue weighted by atomic mass is 9.67. The molecule has 9 heteroatoms. The molecule has 0 radical (unpaired) electrons. The lowest BCUT2D eigenvalue weighted by molar-refractivity contribution is -0.147.